The van der Waals surface area contributed by atoms with Crippen LogP contribution < -0.4 is 14.8 Å². The molecular formula is C22H22N4O2S. The number of nitrogens with zero attached hydrogens (tertiary/aromatic N) is 3. The van der Waals surface area contributed by atoms with E-state index in [0.29, 0.717) is 23.9 Å². The lowest BCUT2D eigenvalue weighted by atomic mass is 10.2. The molecule has 0 saturated carbocycles. The largest absolute Gasteiger partial charge is 0.493 e. The van der Waals surface area contributed by atoms with Crippen molar-refractivity contribution in [2.75, 3.05) is 19.5 Å². The first-order valence-corrected chi connectivity index (χ1v) is 10.0. The molecule has 3 aromatic heterocycles. The van der Waals surface area contributed by atoms with Crippen LogP contribution in [0.15, 0.2) is 42.7 Å². The third-order valence-electron chi connectivity index (χ3n) is 4.56. The number of benzene rings is 1. The number of hydrogen-bond donors (Lipinski definition) is 1. The standard InChI is InChI=1S/C22H22N4O2S/c1-13-7-15(11-23-10-13)21-6-5-16(29-21)12-24-22-17-8-19(27-3)20(28-4)9-18(17)25-14(2)26-22/h5-11H,12H2,1-4H3,(H,24,25,26). The number of ether oxygens (including phenoxy) is 2. The van der Waals surface area contributed by atoms with Crippen LogP contribution in [0.5, 0.6) is 11.5 Å². The number of rotatable bonds is 6. The van der Waals surface area contributed by atoms with E-state index in [2.05, 4.69) is 45.4 Å². The first-order valence-electron chi connectivity index (χ1n) is 9.22. The minimum absolute atomic E-state index is 0.652. The lowest BCUT2D eigenvalue weighted by molar-refractivity contribution is 0.356. The normalized spacial score (nSPS) is 10.9. The SMILES string of the molecule is COc1cc2nc(C)nc(NCc3ccc(-c4cncc(C)c4)s3)c2cc1OC. The van der Waals surface area contributed by atoms with Crippen LogP contribution in [0.1, 0.15) is 16.3 Å². The fourth-order valence-electron chi connectivity index (χ4n) is 3.20. The van der Waals surface area contributed by atoms with Crippen molar-refractivity contribution in [3.05, 3.63) is 59.0 Å². The minimum atomic E-state index is 0.652. The zero-order valence-corrected chi connectivity index (χ0v) is 17.6. The Kier molecular flexibility index (Phi) is 5.31. The number of anilines is 1. The van der Waals surface area contributed by atoms with E-state index in [1.54, 1.807) is 25.6 Å². The van der Waals surface area contributed by atoms with Crippen molar-refractivity contribution < 1.29 is 9.47 Å². The molecule has 29 heavy (non-hydrogen) atoms. The highest BCUT2D eigenvalue weighted by molar-refractivity contribution is 7.15. The van der Waals surface area contributed by atoms with Crippen LogP contribution in [0, 0.1) is 13.8 Å². The number of fused-ring (bicyclic) bond motifs is 1. The highest BCUT2D eigenvalue weighted by atomic mass is 32.1. The maximum absolute atomic E-state index is 5.44. The van der Waals surface area contributed by atoms with Gasteiger partial charge in [0.25, 0.3) is 0 Å². The summed E-state index contributed by atoms with van der Waals surface area (Å²) >= 11 is 1.75. The molecule has 1 aromatic carbocycles. The van der Waals surface area contributed by atoms with E-state index in [1.165, 1.54) is 9.75 Å². The molecule has 0 radical (unpaired) electrons. The summed E-state index contributed by atoms with van der Waals surface area (Å²) in [4.78, 5) is 15.8. The monoisotopic (exact) mass is 406 g/mol. The fraction of sp³-hybridized carbons (Fsp3) is 0.227. The van der Waals surface area contributed by atoms with Gasteiger partial charge in [0, 0.05) is 39.2 Å². The van der Waals surface area contributed by atoms with Gasteiger partial charge in [0.2, 0.25) is 0 Å². The highest BCUT2D eigenvalue weighted by Gasteiger charge is 2.12. The summed E-state index contributed by atoms with van der Waals surface area (Å²) in [6.07, 6.45) is 3.77. The highest BCUT2D eigenvalue weighted by Crippen LogP contribution is 2.34. The molecule has 1 N–H and O–H groups in total. The molecule has 0 saturated heterocycles. The molecule has 4 rings (SSSR count). The zero-order chi connectivity index (χ0) is 20.4. The summed E-state index contributed by atoms with van der Waals surface area (Å²) < 4.78 is 10.8. The molecule has 3 heterocycles. The van der Waals surface area contributed by atoms with Crippen molar-refractivity contribution >= 4 is 28.1 Å². The lowest BCUT2D eigenvalue weighted by Crippen LogP contribution is -2.04. The van der Waals surface area contributed by atoms with Gasteiger partial charge in [-0.05, 0) is 43.7 Å². The maximum atomic E-state index is 5.44. The number of aryl methyl sites for hydroxylation is 2. The Morgan fingerprint density at radius 2 is 1.76 bits per heavy atom. The van der Waals surface area contributed by atoms with Gasteiger partial charge in [-0.15, -0.1) is 11.3 Å². The predicted molar refractivity (Wildman–Crippen MR) is 117 cm³/mol. The van der Waals surface area contributed by atoms with Gasteiger partial charge in [-0.2, -0.15) is 0 Å². The topological polar surface area (TPSA) is 69.2 Å². The van der Waals surface area contributed by atoms with Gasteiger partial charge < -0.3 is 14.8 Å². The molecule has 0 atom stereocenters. The van der Waals surface area contributed by atoms with Gasteiger partial charge in [0.15, 0.2) is 11.5 Å². The third-order valence-corrected chi connectivity index (χ3v) is 5.70. The molecular weight excluding hydrogens is 384 g/mol. The van der Waals surface area contributed by atoms with E-state index in [9.17, 15) is 0 Å². The number of pyridine rings is 1. The van der Waals surface area contributed by atoms with Crippen molar-refractivity contribution in [2.45, 2.75) is 20.4 Å². The van der Waals surface area contributed by atoms with Crippen molar-refractivity contribution in [2.24, 2.45) is 0 Å². The van der Waals surface area contributed by atoms with Crippen LogP contribution in [0.3, 0.4) is 0 Å². The molecule has 0 unspecified atom stereocenters. The molecule has 7 heteroatoms. The smallest absolute Gasteiger partial charge is 0.162 e. The van der Waals surface area contributed by atoms with Crippen LogP contribution in [0.2, 0.25) is 0 Å². The minimum Gasteiger partial charge on any atom is -0.493 e. The van der Waals surface area contributed by atoms with Crippen LogP contribution >= 0.6 is 11.3 Å². The Morgan fingerprint density at radius 1 is 0.966 bits per heavy atom. The molecule has 0 aliphatic heterocycles. The summed E-state index contributed by atoms with van der Waals surface area (Å²) in [5.41, 5.74) is 3.11. The average molecular weight is 407 g/mol. The van der Waals surface area contributed by atoms with Crippen LogP contribution in [0.4, 0.5) is 5.82 Å². The Balaban J connectivity index is 1.61. The molecule has 0 fully saturated rings. The number of methoxy groups -OCH3 is 2. The molecule has 0 aliphatic rings. The number of aromatic nitrogens is 3. The van der Waals surface area contributed by atoms with Gasteiger partial charge >= 0.3 is 0 Å². The van der Waals surface area contributed by atoms with E-state index in [0.717, 1.165) is 27.8 Å². The second kappa shape index (κ2) is 8.05. The molecule has 148 valence electrons. The summed E-state index contributed by atoms with van der Waals surface area (Å²) in [5, 5.41) is 4.35. The predicted octanol–water partition coefficient (Wildman–Crippen LogP) is 5.00. The van der Waals surface area contributed by atoms with Crippen LogP contribution in [-0.4, -0.2) is 29.2 Å². The Hall–Kier alpha value is -3.19. The second-order valence-electron chi connectivity index (χ2n) is 6.71. The molecule has 6 nitrogen and oxygen atoms in total. The first-order chi connectivity index (χ1) is 14.1. The average Bonchev–Trinajstić information content (AvgIpc) is 3.20. The fourth-order valence-corrected chi connectivity index (χ4v) is 4.12. The number of nitrogens with one attached hydrogen (secondary N) is 1. The summed E-state index contributed by atoms with van der Waals surface area (Å²) in [6, 6.07) is 10.2. The Bertz CT molecular complexity index is 1170. The van der Waals surface area contributed by atoms with Crippen molar-refractivity contribution in [1.82, 2.24) is 15.0 Å². The van der Waals surface area contributed by atoms with Crippen molar-refractivity contribution in [3.63, 3.8) is 0 Å². The van der Waals surface area contributed by atoms with Gasteiger partial charge in [-0.25, -0.2) is 9.97 Å². The van der Waals surface area contributed by atoms with Crippen LogP contribution in [0.25, 0.3) is 21.3 Å². The van der Waals surface area contributed by atoms with E-state index in [1.807, 2.05) is 31.5 Å². The first kappa shape index (κ1) is 19.1. The summed E-state index contributed by atoms with van der Waals surface area (Å²) in [5.74, 6) is 2.78. The van der Waals surface area contributed by atoms with Gasteiger partial charge in [0.1, 0.15) is 11.6 Å². The maximum Gasteiger partial charge on any atom is 0.162 e. The van der Waals surface area contributed by atoms with Crippen molar-refractivity contribution in [1.29, 1.82) is 0 Å². The Labute approximate surface area is 173 Å². The summed E-state index contributed by atoms with van der Waals surface area (Å²) in [6.45, 7) is 4.61. The molecule has 0 bridgehead atoms. The van der Waals surface area contributed by atoms with Crippen molar-refractivity contribution in [3.8, 4) is 21.9 Å². The van der Waals surface area contributed by atoms with Gasteiger partial charge in [-0.1, -0.05) is 0 Å². The van der Waals surface area contributed by atoms with E-state index in [-0.39, 0.29) is 0 Å². The lowest BCUT2D eigenvalue weighted by Gasteiger charge is -2.12. The molecule has 0 aliphatic carbocycles. The molecule has 0 spiro atoms. The quantitative estimate of drug-likeness (QED) is 0.486. The van der Waals surface area contributed by atoms with E-state index in [4.69, 9.17) is 9.47 Å². The number of hydrogen-bond acceptors (Lipinski definition) is 7. The number of thiophene rings is 1. The second-order valence-corrected chi connectivity index (χ2v) is 7.88. The van der Waals surface area contributed by atoms with E-state index < -0.39 is 0 Å². The third kappa shape index (κ3) is 4.00. The van der Waals surface area contributed by atoms with E-state index >= 15 is 0 Å². The molecule has 4 aromatic rings. The van der Waals surface area contributed by atoms with Gasteiger partial charge in [-0.3, -0.25) is 4.98 Å². The molecule has 0 amide bonds. The van der Waals surface area contributed by atoms with Crippen LogP contribution in [-0.2, 0) is 6.54 Å². The summed E-state index contributed by atoms with van der Waals surface area (Å²) in [7, 11) is 3.24. The Morgan fingerprint density at radius 3 is 2.52 bits per heavy atom. The zero-order valence-electron chi connectivity index (χ0n) is 16.8. The van der Waals surface area contributed by atoms with Gasteiger partial charge in [0.05, 0.1) is 26.3 Å².